The summed E-state index contributed by atoms with van der Waals surface area (Å²) in [4.78, 5) is 13.5. The predicted molar refractivity (Wildman–Crippen MR) is 59.3 cm³/mol. The largest absolute Gasteiger partial charge is 0.331 e. The average Bonchev–Trinajstić information content (AvgIpc) is 2.77. The lowest BCUT2D eigenvalue weighted by atomic mass is 10.6. The van der Waals surface area contributed by atoms with Gasteiger partial charge in [0.15, 0.2) is 5.82 Å². The molecular weight excluding hydrogens is 228 g/mol. The molecule has 86 valence electrons. The number of nitrogens with one attached hydrogen (secondary N) is 1. The second-order valence-electron chi connectivity index (χ2n) is 3.49. The smallest absolute Gasteiger partial charge is 0.317 e. The molecular formula is C8H12N6OS. The van der Waals surface area contributed by atoms with Gasteiger partial charge in [-0.05, 0) is 6.92 Å². The number of urea groups is 1. The van der Waals surface area contributed by atoms with Crippen LogP contribution in [0.5, 0.6) is 0 Å². The van der Waals surface area contributed by atoms with Crippen LogP contribution >= 0.6 is 11.3 Å². The molecule has 2 aromatic rings. The first-order valence-corrected chi connectivity index (χ1v) is 5.52. The minimum Gasteiger partial charge on any atom is -0.331 e. The van der Waals surface area contributed by atoms with E-state index in [0.29, 0.717) is 6.54 Å². The molecule has 0 saturated carbocycles. The Morgan fingerprint density at radius 1 is 1.50 bits per heavy atom. The fourth-order valence-electron chi connectivity index (χ4n) is 1.14. The van der Waals surface area contributed by atoms with Gasteiger partial charge in [0.2, 0.25) is 4.96 Å². The zero-order chi connectivity index (χ0) is 11.7. The monoisotopic (exact) mass is 240 g/mol. The molecule has 2 heterocycles. The Morgan fingerprint density at radius 2 is 2.25 bits per heavy atom. The molecule has 0 spiro atoms. The molecule has 0 aliphatic heterocycles. The number of hydrogen-bond donors (Lipinski definition) is 1. The fourth-order valence-corrected chi connectivity index (χ4v) is 1.95. The van der Waals surface area contributed by atoms with Crippen LogP contribution in [-0.4, -0.2) is 44.8 Å². The molecule has 0 aliphatic rings. The van der Waals surface area contributed by atoms with E-state index in [0.717, 1.165) is 15.8 Å². The van der Waals surface area contributed by atoms with Crippen LogP contribution < -0.4 is 5.32 Å². The molecule has 7 nitrogen and oxygen atoms in total. The van der Waals surface area contributed by atoms with Crippen molar-refractivity contribution in [1.82, 2.24) is 30.0 Å². The van der Waals surface area contributed by atoms with Crippen molar-refractivity contribution in [1.29, 1.82) is 0 Å². The number of nitrogens with zero attached hydrogens (tertiary/aromatic N) is 5. The number of amides is 2. The Balaban J connectivity index is 2.07. The molecule has 0 aromatic carbocycles. The van der Waals surface area contributed by atoms with Crippen molar-refractivity contribution < 1.29 is 4.79 Å². The minimum atomic E-state index is -0.136. The van der Waals surface area contributed by atoms with Gasteiger partial charge >= 0.3 is 6.03 Å². The van der Waals surface area contributed by atoms with E-state index in [1.807, 2.05) is 6.92 Å². The fraction of sp³-hybridized carbons (Fsp3) is 0.500. The summed E-state index contributed by atoms with van der Waals surface area (Å²) in [6.07, 6.45) is 0. The van der Waals surface area contributed by atoms with Gasteiger partial charge in [0, 0.05) is 14.1 Å². The van der Waals surface area contributed by atoms with Gasteiger partial charge in [-0.2, -0.15) is 9.61 Å². The highest BCUT2D eigenvalue weighted by molar-refractivity contribution is 7.16. The third kappa shape index (κ3) is 1.96. The quantitative estimate of drug-likeness (QED) is 0.817. The lowest BCUT2D eigenvalue weighted by molar-refractivity contribution is 0.217. The lowest BCUT2D eigenvalue weighted by Crippen LogP contribution is -2.33. The molecule has 8 heteroatoms. The van der Waals surface area contributed by atoms with E-state index in [2.05, 4.69) is 20.6 Å². The molecule has 2 rings (SSSR count). The zero-order valence-electron chi connectivity index (χ0n) is 9.26. The topological polar surface area (TPSA) is 75.4 Å². The van der Waals surface area contributed by atoms with E-state index in [4.69, 9.17) is 0 Å². The van der Waals surface area contributed by atoms with Crippen LogP contribution in [0.3, 0.4) is 0 Å². The van der Waals surface area contributed by atoms with E-state index in [9.17, 15) is 4.79 Å². The maximum absolute atomic E-state index is 11.3. The van der Waals surface area contributed by atoms with Gasteiger partial charge in [-0.3, -0.25) is 0 Å². The molecule has 1 N–H and O–H groups in total. The van der Waals surface area contributed by atoms with E-state index in [1.165, 1.54) is 16.2 Å². The van der Waals surface area contributed by atoms with Crippen LogP contribution in [0.25, 0.3) is 4.96 Å². The Morgan fingerprint density at radius 3 is 2.88 bits per heavy atom. The number of aryl methyl sites for hydroxylation is 1. The van der Waals surface area contributed by atoms with Gasteiger partial charge in [0.05, 0.1) is 6.54 Å². The summed E-state index contributed by atoms with van der Waals surface area (Å²) >= 11 is 1.42. The van der Waals surface area contributed by atoms with Crippen molar-refractivity contribution in [3.63, 3.8) is 0 Å². The molecule has 2 amide bonds. The van der Waals surface area contributed by atoms with E-state index in [-0.39, 0.29) is 6.03 Å². The maximum atomic E-state index is 11.3. The first kappa shape index (κ1) is 10.8. The molecule has 0 radical (unpaired) electrons. The summed E-state index contributed by atoms with van der Waals surface area (Å²) in [7, 11) is 3.39. The summed E-state index contributed by atoms with van der Waals surface area (Å²) in [6, 6.07) is -0.136. The number of hydrogen-bond acceptors (Lipinski definition) is 5. The van der Waals surface area contributed by atoms with E-state index < -0.39 is 0 Å². The Hall–Kier alpha value is -1.70. The van der Waals surface area contributed by atoms with Crippen LogP contribution in [0.1, 0.15) is 10.8 Å². The summed E-state index contributed by atoms with van der Waals surface area (Å²) in [5.74, 6) is 0.747. The van der Waals surface area contributed by atoms with Crippen molar-refractivity contribution in [3.05, 3.63) is 10.8 Å². The standard InChI is InChI=1S/C8H12N6OS/c1-5-10-11-8-14(5)12-6(16-8)4-9-7(15)13(2)3/h4H2,1-3H3,(H,9,15). The zero-order valence-corrected chi connectivity index (χ0v) is 10.1. The van der Waals surface area contributed by atoms with Crippen LogP contribution in [0.2, 0.25) is 0 Å². The first-order valence-electron chi connectivity index (χ1n) is 4.71. The maximum Gasteiger partial charge on any atom is 0.317 e. The van der Waals surface area contributed by atoms with Crippen LogP contribution in [0.4, 0.5) is 4.79 Å². The van der Waals surface area contributed by atoms with E-state index >= 15 is 0 Å². The number of aromatic nitrogens is 4. The normalized spacial score (nSPS) is 10.7. The van der Waals surface area contributed by atoms with Crippen molar-refractivity contribution in [2.75, 3.05) is 14.1 Å². The van der Waals surface area contributed by atoms with Crippen molar-refractivity contribution >= 4 is 22.3 Å². The highest BCUT2D eigenvalue weighted by Crippen LogP contribution is 2.12. The van der Waals surface area contributed by atoms with Crippen LogP contribution in [0, 0.1) is 6.92 Å². The number of fused-ring (bicyclic) bond motifs is 1. The van der Waals surface area contributed by atoms with Gasteiger partial charge in [-0.25, -0.2) is 4.79 Å². The predicted octanol–water partition coefficient (Wildman–Crippen LogP) is 0.265. The number of carbonyl (C=O) groups excluding carboxylic acids is 1. The average molecular weight is 240 g/mol. The van der Waals surface area contributed by atoms with Gasteiger partial charge < -0.3 is 10.2 Å². The van der Waals surface area contributed by atoms with Crippen molar-refractivity contribution in [2.45, 2.75) is 13.5 Å². The summed E-state index contributed by atoms with van der Waals surface area (Å²) < 4.78 is 1.67. The van der Waals surface area contributed by atoms with Crippen molar-refractivity contribution in [2.24, 2.45) is 0 Å². The Kier molecular flexibility index (Phi) is 2.73. The summed E-state index contributed by atoms with van der Waals surface area (Å²) in [6.45, 7) is 2.24. The molecule has 0 fully saturated rings. The summed E-state index contributed by atoms with van der Waals surface area (Å²) in [5, 5.41) is 15.7. The molecule has 16 heavy (non-hydrogen) atoms. The lowest BCUT2D eigenvalue weighted by Gasteiger charge is -2.10. The van der Waals surface area contributed by atoms with Gasteiger partial charge in [0.1, 0.15) is 5.01 Å². The second-order valence-corrected chi connectivity index (χ2v) is 4.53. The molecule has 0 unspecified atom stereocenters. The minimum absolute atomic E-state index is 0.136. The molecule has 0 saturated heterocycles. The first-order chi connectivity index (χ1) is 7.58. The highest BCUT2D eigenvalue weighted by atomic mass is 32.1. The Labute approximate surface area is 96.1 Å². The third-order valence-electron chi connectivity index (χ3n) is 1.99. The molecule has 0 bridgehead atoms. The molecule has 0 aliphatic carbocycles. The third-order valence-corrected chi connectivity index (χ3v) is 2.88. The van der Waals surface area contributed by atoms with Gasteiger partial charge in [-0.15, -0.1) is 10.2 Å². The second kappa shape index (κ2) is 4.05. The Bertz CT molecular complexity index is 516. The van der Waals surface area contributed by atoms with Crippen LogP contribution in [-0.2, 0) is 6.54 Å². The highest BCUT2D eigenvalue weighted by Gasteiger charge is 2.09. The molecule has 2 aromatic heterocycles. The number of rotatable bonds is 2. The van der Waals surface area contributed by atoms with Gasteiger partial charge in [-0.1, -0.05) is 11.3 Å². The van der Waals surface area contributed by atoms with Gasteiger partial charge in [0.25, 0.3) is 0 Å². The number of carbonyl (C=O) groups is 1. The van der Waals surface area contributed by atoms with E-state index in [1.54, 1.807) is 18.6 Å². The molecule has 0 atom stereocenters. The SMILES string of the molecule is Cc1nnc2sc(CNC(=O)N(C)C)nn12. The van der Waals surface area contributed by atoms with Crippen molar-refractivity contribution in [3.8, 4) is 0 Å². The summed E-state index contributed by atoms with van der Waals surface area (Å²) in [5.41, 5.74) is 0. The van der Waals surface area contributed by atoms with Crippen LogP contribution in [0.15, 0.2) is 0 Å².